The van der Waals surface area contributed by atoms with Crippen LogP contribution in [0, 0.1) is 6.08 Å². The largest absolute Gasteiger partial charge is 0.141 e. The summed E-state index contributed by atoms with van der Waals surface area (Å²) in [4.78, 5) is 0. The molecule has 0 aromatic heterocycles. The lowest BCUT2D eigenvalue weighted by Gasteiger charge is -1.66. The van der Waals surface area contributed by atoms with E-state index in [1.165, 1.54) is 12.0 Å². The van der Waals surface area contributed by atoms with E-state index in [2.05, 4.69) is 18.7 Å². The number of hydrogen-bond donors (Lipinski definition) is 0. The van der Waals surface area contributed by atoms with Crippen molar-refractivity contribution in [3.63, 3.8) is 0 Å². The Balaban J connectivity index is 2.71. The molecule has 0 saturated heterocycles. The zero-order valence-corrected chi connectivity index (χ0v) is 3.91. The topological polar surface area (TPSA) is 0 Å². The van der Waals surface area contributed by atoms with Gasteiger partial charge in [-0.25, -0.2) is 0 Å². The number of rotatable bonds is 0. The molecule has 6 heavy (non-hydrogen) atoms. The maximum atomic E-state index is 2.99. The van der Waals surface area contributed by atoms with Crippen molar-refractivity contribution >= 4 is 0 Å². The highest BCUT2D eigenvalue weighted by Crippen LogP contribution is 2.06. The molecule has 0 aromatic carbocycles. The molecule has 0 aliphatic heterocycles. The third kappa shape index (κ3) is 0.490. The van der Waals surface area contributed by atoms with Gasteiger partial charge in [0.2, 0.25) is 0 Å². The number of allylic oxidation sites excluding steroid dienone is 1. The predicted octanol–water partition coefficient (Wildman–Crippen LogP) is 1.68. The Labute approximate surface area is 38.2 Å². The standard InChI is InChI=1S/C6H7/c1-6-4-2-3-5-6/h2,4H2,1H3/q+1. The van der Waals surface area contributed by atoms with Crippen molar-refractivity contribution < 1.29 is 0 Å². The molecule has 0 radical (unpaired) electrons. The van der Waals surface area contributed by atoms with Crippen molar-refractivity contribution in [2.24, 2.45) is 0 Å². The van der Waals surface area contributed by atoms with E-state index in [0.29, 0.717) is 0 Å². The predicted molar refractivity (Wildman–Crippen MR) is 25.2 cm³/mol. The molecule has 0 spiro atoms. The average Bonchev–Trinajstić information content (AvgIpc) is 1.86. The van der Waals surface area contributed by atoms with Crippen LogP contribution in [0.5, 0.6) is 0 Å². The molecule has 0 nitrogen and oxygen atoms in total. The highest BCUT2D eigenvalue weighted by atomic mass is 13.9. The molecule has 1 rings (SSSR count). The highest BCUT2D eigenvalue weighted by molar-refractivity contribution is 5.01. The Kier molecular flexibility index (Phi) is 0.759. The van der Waals surface area contributed by atoms with Crippen LogP contribution in [0.1, 0.15) is 19.8 Å². The first-order valence-corrected chi connectivity index (χ1v) is 2.21. The van der Waals surface area contributed by atoms with Crippen LogP contribution in [0.2, 0.25) is 0 Å². The Morgan fingerprint density at radius 3 is 2.83 bits per heavy atom. The molecule has 0 fully saturated rings. The monoisotopic (exact) mass is 79.1 g/mol. The minimum Gasteiger partial charge on any atom is 0.0327 e. The van der Waals surface area contributed by atoms with E-state index in [1.807, 2.05) is 0 Å². The quantitative estimate of drug-likeness (QED) is 0.306. The summed E-state index contributed by atoms with van der Waals surface area (Å²) < 4.78 is 0. The van der Waals surface area contributed by atoms with E-state index in [9.17, 15) is 0 Å². The van der Waals surface area contributed by atoms with Crippen molar-refractivity contribution in [3.05, 3.63) is 17.4 Å². The van der Waals surface area contributed by atoms with Gasteiger partial charge in [-0.2, -0.15) is 0 Å². The van der Waals surface area contributed by atoms with Gasteiger partial charge in [-0.1, -0.05) is 0 Å². The van der Waals surface area contributed by atoms with Gasteiger partial charge in [-0.05, 0) is 0 Å². The van der Waals surface area contributed by atoms with Gasteiger partial charge >= 0.3 is 0 Å². The minimum absolute atomic E-state index is 1.09. The average molecular weight is 79.1 g/mol. The van der Waals surface area contributed by atoms with Crippen LogP contribution in [-0.2, 0) is 0 Å². The second kappa shape index (κ2) is 1.26. The molecule has 1 aliphatic carbocycles. The lowest BCUT2D eigenvalue weighted by molar-refractivity contribution is 1.01. The molecular formula is C6H7+. The lowest BCUT2D eigenvalue weighted by atomic mass is 10.3. The van der Waals surface area contributed by atoms with Crippen molar-refractivity contribution in [3.8, 4) is 0 Å². The molecule has 30 valence electrons. The van der Waals surface area contributed by atoms with Crippen LogP contribution < -0.4 is 0 Å². The summed E-state index contributed by atoms with van der Waals surface area (Å²) in [6.07, 6.45) is 5.25. The molecule has 0 heterocycles. The number of hydrogen-bond acceptors (Lipinski definition) is 0. The summed E-state index contributed by atoms with van der Waals surface area (Å²) in [5.41, 5.74) is 4.33. The Morgan fingerprint density at radius 2 is 2.67 bits per heavy atom. The van der Waals surface area contributed by atoms with Crippen LogP contribution >= 0.6 is 0 Å². The first-order chi connectivity index (χ1) is 2.89. The highest BCUT2D eigenvalue weighted by Gasteiger charge is 2.02. The van der Waals surface area contributed by atoms with Crippen molar-refractivity contribution in [1.82, 2.24) is 0 Å². The molecule has 0 atom stereocenters. The normalized spacial score (nSPS) is 17.2. The van der Waals surface area contributed by atoms with E-state index < -0.39 is 0 Å². The Morgan fingerprint density at radius 1 is 1.83 bits per heavy atom. The molecule has 0 heteroatoms. The van der Waals surface area contributed by atoms with Gasteiger partial charge in [0.15, 0.2) is 0 Å². The molecular weight excluding hydrogens is 72.1 g/mol. The molecule has 0 aromatic rings. The summed E-state index contributed by atoms with van der Waals surface area (Å²) in [7, 11) is 0. The van der Waals surface area contributed by atoms with Crippen LogP contribution in [0.15, 0.2) is 11.3 Å². The van der Waals surface area contributed by atoms with Gasteiger partial charge < -0.3 is 0 Å². The molecule has 0 unspecified atom stereocenters. The van der Waals surface area contributed by atoms with Crippen molar-refractivity contribution in [1.29, 1.82) is 0 Å². The Hall–Kier alpha value is -0.570. The summed E-state index contributed by atoms with van der Waals surface area (Å²) in [5, 5.41) is 0. The molecule has 0 amide bonds. The smallest absolute Gasteiger partial charge is 0.0327 e. The second-order valence-corrected chi connectivity index (χ2v) is 1.58. The van der Waals surface area contributed by atoms with Crippen LogP contribution in [0.3, 0.4) is 0 Å². The third-order valence-electron chi connectivity index (χ3n) is 0.927. The third-order valence-corrected chi connectivity index (χ3v) is 0.927. The van der Waals surface area contributed by atoms with Crippen LogP contribution in [-0.4, -0.2) is 0 Å². The maximum Gasteiger partial charge on any atom is 0.141 e. The lowest BCUT2D eigenvalue weighted by Crippen LogP contribution is -1.61. The van der Waals surface area contributed by atoms with E-state index >= 15 is 0 Å². The van der Waals surface area contributed by atoms with Gasteiger partial charge in [-0.3, -0.25) is 0 Å². The molecule has 0 N–H and O–H groups in total. The van der Waals surface area contributed by atoms with Crippen LogP contribution in [0.25, 0.3) is 0 Å². The van der Waals surface area contributed by atoms with Crippen molar-refractivity contribution in [2.75, 3.05) is 0 Å². The van der Waals surface area contributed by atoms with Gasteiger partial charge in [0, 0.05) is 6.92 Å². The first-order valence-electron chi connectivity index (χ1n) is 2.21. The summed E-state index contributed by atoms with van der Waals surface area (Å²) >= 11 is 0. The zero-order chi connectivity index (χ0) is 4.41. The van der Waals surface area contributed by atoms with Gasteiger partial charge in [0.25, 0.3) is 0 Å². The molecule has 0 bridgehead atoms. The maximum absolute atomic E-state index is 2.99. The zero-order valence-electron chi connectivity index (χ0n) is 3.91. The fourth-order valence-electron chi connectivity index (χ4n) is 0.526. The van der Waals surface area contributed by atoms with Gasteiger partial charge in [-0.15, -0.1) is 0 Å². The van der Waals surface area contributed by atoms with Crippen molar-refractivity contribution in [2.45, 2.75) is 19.8 Å². The van der Waals surface area contributed by atoms with E-state index in [1.54, 1.807) is 0 Å². The van der Waals surface area contributed by atoms with E-state index in [4.69, 9.17) is 0 Å². The fraction of sp³-hybridized carbons (Fsp3) is 0.500. The Bertz CT molecular complexity index is 103. The summed E-state index contributed by atoms with van der Waals surface area (Å²) in [6, 6.07) is 0. The second-order valence-electron chi connectivity index (χ2n) is 1.58. The SMILES string of the molecule is CC1=C=[C+]CC1. The fourth-order valence-corrected chi connectivity index (χ4v) is 0.526. The minimum atomic E-state index is 1.09. The van der Waals surface area contributed by atoms with Gasteiger partial charge in [0.1, 0.15) is 23.8 Å². The summed E-state index contributed by atoms with van der Waals surface area (Å²) in [5.74, 6) is 0. The molecule has 0 saturated carbocycles. The van der Waals surface area contributed by atoms with E-state index in [0.717, 1.165) is 6.42 Å². The van der Waals surface area contributed by atoms with Crippen LogP contribution in [0.4, 0.5) is 0 Å². The first kappa shape index (κ1) is 3.61. The van der Waals surface area contributed by atoms with E-state index in [-0.39, 0.29) is 0 Å². The summed E-state index contributed by atoms with van der Waals surface area (Å²) in [6.45, 7) is 2.08. The molecule has 1 aliphatic rings. The van der Waals surface area contributed by atoms with Gasteiger partial charge in [0.05, 0.1) is 6.42 Å².